The summed E-state index contributed by atoms with van der Waals surface area (Å²) in [5, 5.41) is 11.2. The summed E-state index contributed by atoms with van der Waals surface area (Å²) in [4.78, 5) is 0. The highest BCUT2D eigenvalue weighted by atomic mass is 16.2. The third-order valence-electron chi connectivity index (χ3n) is 1.03. The molecule has 56 valence electrons. The molecule has 1 heterocycles. The molecule has 1 rings (SSSR count). The van der Waals surface area contributed by atoms with E-state index in [2.05, 4.69) is 26.2 Å². The normalized spacial score (nSPS) is 23.8. The minimum absolute atomic E-state index is 0.504. The summed E-state index contributed by atoms with van der Waals surface area (Å²) < 4.78 is 0. The maximum Gasteiger partial charge on any atom is 0.131 e. The second-order valence-electron chi connectivity index (χ2n) is 1.74. The van der Waals surface area contributed by atoms with Gasteiger partial charge in [-0.25, -0.2) is 0 Å². The fourth-order valence-electron chi connectivity index (χ4n) is 0.494. The van der Waals surface area contributed by atoms with Crippen molar-refractivity contribution >= 4 is 5.84 Å². The number of azo groups is 1. The van der Waals surface area contributed by atoms with Gasteiger partial charge in [0.15, 0.2) is 0 Å². The fraction of sp³-hybridized carbons (Fsp3) is 0.750. The van der Waals surface area contributed by atoms with Gasteiger partial charge >= 0.3 is 0 Å². The molecule has 6 nitrogen and oxygen atoms in total. The Hall–Kier alpha value is -1.01. The van der Waals surface area contributed by atoms with Gasteiger partial charge in [0, 0.05) is 6.42 Å². The van der Waals surface area contributed by atoms with Gasteiger partial charge in [-0.05, 0) is 0 Å². The molecule has 3 N–H and O–H groups in total. The van der Waals surface area contributed by atoms with E-state index in [1.807, 2.05) is 6.92 Å². The number of nitrogens with one attached hydrogen (secondary N) is 1. The average Bonchev–Trinajstić information content (AvgIpc) is 2.05. The maximum absolute atomic E-state index is 5.02. The van der Waals surface area contributed by atoms with Gasteiger partial charge in [0.2, 0.25) is 0 Å². The Morgan fingerprint density at radius 2 is 2.60 bits per heavy atom. The average molecular weight is 143 g/mol. The SMILES string of the molecule is CCC1=N[N-]C([15NH][15NH2])N=N1. The molecular formula is C4H9N6-. The molecule has 0 saturated carbocycles. The van der Waals surface area contributed by atoms with E-state index in [1.165, 1.54) is 0 Å². The third kappa shape index (κ3) is 1.49. The molecule has 6 heteroatoms. The topological polar surface area (TPSA) is 89.2 Å². The number of hydrogen-bond donors (Lipinski definition) is 2. The Balaban J connectivity index is 2.46. The van der Waals surface area contributed by atoms with Crippen LogP contribution >= 0.6 is 0 Å². The van der Waals surface area contributed by atoms with Gasteiger partial charge in [-0.1, -0.05) is 6.92 Å². The van der Waals surface area contributed by atoms with Gasteiger partial charge in [0.25, 0.3) is 0 Å². The van der Waals surface area contributed by atoms with Crippen LogP contribution < -0.4 is 11.3 Å². The fourth-order valence-corrected chi connectivity index (χ4v) is 0.494. The number of rotatable bonds is 2. The first-order chi connectivity index (χ1) is 4.86. The molecule has 0 bridgehead atoms. The monoisotopic (exact) mass is 143 g/mol. The first-order valence-corrected chi connectivity index (χ1v) is 3.00. The molecule has 1 aliphatic rings. The van der Waals surface area contributed by atoms with Crippen molar-refractivity contribution in [2.75, 3.05) is 0 Å². The molecule has 0 aliphatic carbocycles. The highest BCUT2D eigenvalue weighted by molar-refractivity contribution is 5.83. The predicted molar refractivity (Wildman–Crippen MR) is 37.1 cm³/mol. The van der Waals surface area contributed by atoms with Gasteiger partial charge in [-0.3, -0.25) is 11.3 Å². The van der Waals surface area contributed by atoms with Crippen LogP contribution in [0.3, 0.4) is 0 Å². The van der Waals surface area contributed by atoms with Crippen LogP contribution in [0.15, 0.2) is 15.3 Å². The van der Waals surface area contributed by atoms with E-state index in [0.717, 1.165) is 6.42 Å². The summed E-state index contributed by atoms with van der Waals surface area (Å²) in [7, 11) is 0. The molecule has 0 fully saturated rings. The number of nitrogens with zero attached hydrogens (tertiary/aromatic N) is 4. The smallest absolute Gasteiger partial charge is 0.131 e. The second kappa shape index (κ2) is 3.23. The van der Waals surface area contributed by atoms with Crippen LogP contribution in [0.5, 0.6) is 0 Å². The zero-order valence-corrected chi connectivity index (χ0v) is 5.65. The van der Waals surface area contributed by atoms with Gasteiger partial charge in [-0.15, -0.1) is 5.11 Å². The van der Waals surface area contributed by atoms with E-state index in [4.69, 9.17) is 5.84 Å². The van der Waals surface area contributed by atoms with Crippen LogP contribution in [-0.4, -0.2) is 12.1 Å². The van der Waals surface area contributed by atoms with Crippen LogP contribution in [0.2, 0.25) is 0 Å². The number of nitrogens with two attached hydrogens (primary N) is 1. The van der Waals surface area contributed by atoms with Gasteiger partial charge < -0.3 is 10.5 Å². The molecule has 10 heavy (non-hydrogen) atoms. The molecular weight excluding hydrogens is 134 g/mol. The molecule has 1 aliphatic heterocycles. The van der Waals surface area contributed by atoms with Crippen LogP contribution in [0.25, 0.3) is 5.43 Å². The Bertz CT molecular complexity index is 161. The molecule has 0 aromatic heterocycles. The minimum Gasteiger partial charge on any atom is -0.565 e. The molecule has 0 spiro atoms. The molecule has 0 aromatic rings. The molecule has 0 aromatic carbocycles. The molecule has 0 radical (unpaired) electrons. The summed E-state index contributed by atoms with van der Waals surface area (Å²) in [6.07, 6.45) is 0.236. The van der Waals surface area contributed by atoms with E-state index in [-0.39, 0.29) is 0 Å². The van der Waals surface area contributed by atoms with Gasteiger partial charge in [0.1, 0.15) is 5.84 Å². The standard InChI is InChI=1S/C4H9N6/c1-2-3-7-9-4(6-5)10-8-3/h4,6H,2,5H2,1H3/q-1/i5+1,6+1. The lowest BCUT2D eigenvalue weighted by atomic mass is 10.5. The van der Waals surface area contributed by atoms with Crippen molar-refractivity contribution < 1.29 is 0 Å². The van der Waals surface area contributed by atoms with E-state index in [0.29, 0.717) is 5.84 Å². The Morgan fingerprint density at radius 3 is 3.00 bits per heavy atom. The Kier molecular flexibility index (Phi) is 2.30. The predicted octanol–water partition coefficient (Wildman–Crippen LogP) is 0.296. The van der Waals surface area contributed by atoms with Crippen molar-refractivity contribution in [1.29, 1.82) is 0 Å². The second-order valence-corrected chi connectivity index (χ2v) is 1.74. The summed E-state index contributed by atoms with van der Waals surface area (Å²) in [5.41, 5.74) is 6.01. The highest BCUT2D eigenvalue weighted by Gasteiger charge is 1.96. The van der Waals surface area contributed by atoms with Gasteiger partial charge in [0.05, 0.1) is 6.29 Å². The van der Waals surface area contributed by atoms with E-state index in [1.54, 1.807) is 0 Å². The zero-order chi connectivity index (χ0) is 7.40. The summed E-state index contributed by atoms with van der Waals surface area (Å²) in [6, 6.07) is 0. The number of hydrogen-bond acceptors (Lipinski definition) is 5. The van der Waals surface area contributed by atoms with Crippen molar-refractivity contribution in [2.45, 2.75) is 19.6 Å². The zero-order valence-electron chi connectivity index (χ0n) is 5.65. The highest BCUT2D eigenvalue weighted by Crippen LogP contribution is 2.07. The van der Waals surface area contributed by atoms with E-state index < -0.39 is 6.29 Å². The summed E-state index contributed by atoms with van der Waals surface area (Å²) in [6.45, 7) is 1.93. The van der Waals surface area contributed by atoms with Crippen LogP contribution in [0.1, 0.15) is 13.3 Å². The third-order valence-corrected chi connectivity index (χ3v) is 1.03. The largest absolute Gasteiger partial charge is 0.565 e. The lowest BCUT2D eigenvalue weighted by Gasteiger charge is -2.26. The minimum atomic E-state index is -0.504. The van der Waals surface area contributed by atoms with E-state index in [9.17, 15) is 0 Å². The summed E-state index contributed by atoms with van der Waals surface area (Å²) in [5.74, 6) is 5.65. The first kappa shape index (κ1) is 7.10. The molecule has 1 unspecified atom stereocenters. The Morgan fingerprint density at radius 1 is 1.80 bits per heavy atom. The number of amidine groups is 1. The van der Waals surface area contributed by atoms with Gasteiger partial charge in [-0.2, -0.15) is 5.11 Å². The van der Waals surface area contributed by atoms with Crippen molar-refractivity contribution in [3.05, 3.63) is 5.43 Å². The van der Waals surface area contributed by atoms with Crippen molar-refractivity contribution in [3.63, 3.8) is 0 Å². The van der Waals surface area contributed by atoms with Crippen LogP contribution in [0.4, 0.5) is 0 Å². The number of hydrazine groups is 1. The lowest BCUT2D eigenvalue weighted by Crippen LogP contribution is -2.33. The van der Waals surface area contributed by atoms with Crippen LogP contribution in [-0.2, 0) is 0 Å². The maximum atomic E-state index is 5.02. The van der Waals surface area contributed by atoms with Crippen molar-refractivity contribution in [2.24, 2.45) is 21.2 Å². The first-order valence-electron chi connectivity index (χ1n) is 3.00. The molecule has 0 saturated heterocycles. The van der Waals surface area contributed by atoms with Crippen molar-refractivity contribution in [3.8, 4) is 0 Å². The molecule has 0 amide bonds. The van der Waals surface area contributed by atoms with E-state index >= 15 is 0 Å². The Labute approximate surface area is 58.6 Å². The quantitative estimate of drug-likeness (QED) is 0.330. The lowest BCUT2D eigenvalue weighted by molar-refractivity contribution is 0.583. The molecule has 1 atom stereocenters. The van der Waals surface area contributed by atoms with Crippen molar-refractivity contribution in [1.82, 2.24) is 5.43 Å². The van der Waals surface area contributed by atoms with Crippen LogP contribution in [0, 0.1) is 0 Å². The summed E-state index contributed by atoms with van der Waals surface area (Å²) >= 11 is 0.